The molecule has 1 saturated heterocycles. The van der Waals surface area contributed by atoms with Crippen molar-refractivity contribution in [1.82, 2.24) is 9.80 Å². The second kappa shape index (κ2) is 7.09. The van der Waals surface area contributed by atoms with Gasteiger partial charge < -0.3 is 10.6 Å². The highest BCUT2D eigenvalue weighted by Gasteiger charge is 2.27. The summed E-state index contributed by atoms with van der Waals surface area (Å²) in [6.07, 6.45) is 2.02. The Morgan fingerprint density at radius 1 is 1.48 bits per heavy atom. The summed E-state index contributed by atoms with van der Waals surface area (Å²) in [5, 5.41) is 2.13. The van der Waals surface area contributed by atoms with E-state index in [2.05, 4.69) is 23.3 Å². The van der Waals surface area contributed by atoms with Crippen LogP contribution in [0.5, 0.6) is 0 Å². The summed E-state index contributed by atoms with van der Waals surface area (Å²) in [7, 11) is 0. The SMILES string of the molecule is CC1CN(CC(=O)N2CCc3sccc3C2)CCC1N.Cl. The quantitative estimate of drug-likeness (QED) is 0.899. The first-order chi connectivity index (χ1) is 9.63. The molecule has 3 heterocycles. The summed E-state index contributed by atoms with van der Waals surface area (Å²) < 4.78 is 0. The molecule has 1 fully saturated rings. The number of hydrogen-bond acceptors (Lipinski definition) is 4. The largest absolute Gasteiger partial charge is 0.337 e. The summed E-state index contributed by atoms with van der Waals surface area (Å²) in [6.45, 7) is 6.30. The van der Waals surface area contributed by atoms with Gasteiger partial charge in [-0.2, -0.15) is 0 Å². The third-order valence-corrected chi connectivity index (χ3v) is 5.60. The zero-order valence-electron chi connectivity index (χ0n) is 12.5. The first kappa shape index (κ1) is 16.7. The molecule has 2 aliphatic heterocycles. The van der Waals surface area contributed by atoms with Gasteiger partial charge in [-0.05, 0) is 35.8 Å². The van der Waals surface area contributed by atoms with Crippen molar-refractivity contribution in [3.63, 3.8) is 0 Å². The van der Waals surface area contributed by atoms with Crippen molar-refractivity contribution < 1.29 is 4.79 Å². The fraction of sp³-hybridized carbons (Fsp3) is 0.667. The number of fused-ring (bicyclic) bond motifs is 1. The van der Waals surface area contributed by atoms with E-state index in [1.807, 2.05) is 16.2 Å². The number of nitrogens with two attached hydrogens (primary N) is 1. The summed E-state index contributed by atoms with van der Waals surface area (Å²) in [5.41, 5.74) is 7.37. The van der Waals surface area contributed by atoms with Gasteiger partial charge in [0.05, 0.1) is 6.54 Å². The maximum absolute atomic E-state index is 12.4. The minimum Gasteiger partial charge on any atom is -0.337 e. The van der Waals surface area contributed by atoms with E-state index in [1.54, 1.807) is 0 Å². The Morgan fingerprint density at radius 2 is 2.29 bits per heavy atom. The smallest absolute Gasteiger partial charge is 0.237 e. The van der Waals surface area contributed by atoms with Crippen LogP contribution in [0.1, 0.15) is 23.8 Å². The molecule has 0 radical (unpaired) electrons. The molecule has 6 heteroatoms. The van der Waals surface area contributed by atoms with Crippen LogP contribution in [0.2, 0.25) is 0 Å². The highest BCUT2D eigenvalue weighted by molar-refractivity contribution is 7.10. The van der Waals surface area contributed by atoms with Crippen LogP contribution in [-0.2, 0) is 17.8 Å². The van der Waals surface area contributed by atoms with Crippen molar-refractivity contribution in [2.45, 2.75) is 32.4 Å². The van der Waals surface area contributed by atoms with E-state index in [9.17, 15) is 4.79 Å². The van der Waals surface area contributed by atoms with Crippen molar-refractivity contribution in [3.8, 4) is 0 Å². The Labute approximate surface area is 136 Å². The van der Waals surface area contributed by atoms with Crippen LogP contribution in [0.25, 0.3) is 0 Å². The van der Waals surface area contributed by atoms with Crippen molar-refractivity contribution in [1.29, 1.82) is 0 Å². The topological polar surface area (TPSA) is 49.6 Å². The minimum atomic E-state index is 0. The van der Waals surface area contributed by atoms with Gasteiger partial charge in [0.15, 0.2) is 0 Å². The summed E-state index contributed by atoms with van der Waals surface area (Å²) in [5.74, 6) is 0.755. The van der Waals surface area contributed by atoms with Crippen molar-refractivity contribution in [3.05, 3.63) is 21.9 Å². The molecule has 21 heavy (non-hydrogen) atoms. The molecule has 2 unspecified atom stereocenters. The summed E-state index contributed by atoms with van der Waals surface area (Å²) in [6, 6.07) is 2.45. The summed E-state index contributed by atoms with van der Waals surface area (Å²) >= 11 is 1.81. The highest BCUT2D eigenvalue weighted by Crippen LogP contribution is 2.24. The Kier molecular flexibility index (Phi) is 5.66. The Balaban J connectivity index is 0.00000161. The summed E-state index contributed by atoms with van der Waals surface area (Å²) in [4.78, 5) is 18.2. The number of carbonyl (C=O) groups is 1. The second-order valence-corrected chi connectivity index (χ2v) is 7.10. The predicted octanol–water partition coefficient (Wildman–Crippen LogP) is 1.72. The van der Waals surface area contributed by atoms with Gasteiger partial charge in [0.2, 0.25) is 5.91 Å². The zero-order chi connectivity index (χ0) is 14.1. The van der Waals surface area contributed by atoms with Gasteiger partial charge in [0.1, 0.15) is 0 Å². The lowest BCUT2D eigenvalue weighted by Gasteiger charge is -2.36. The Bertz CT molecular complexity index is 493. The molecular weight excluding hydrogens is 306 g/mol. The molecule has 0 spiro atoms. The maximum Gasteiger partial charge on any atom is 0.237 e. The number of likely N-dealkylation sites (tertiary alicyclic amines) is 1. The minimum absolute atomic E-state index is 0. The molecule has 0 bridgehead atoms. The van der Waals surface area contributed by atoms with E-state index in [4.69, 9.17) is 5.73 Å². The number of halogens is 1. The number of amides is 1. The lowest BCUT2D eigenvalue weighted by Crippen LogP contribution is -2.50. The number of piperidine rings is 1. The molecule has 1 aromatic heterocycles. The Hall–Kier alpha value is -0.620. The predicted molar refractivity (Wildman–Crippen MR) is 88.9 cm³/mol. The van der Waals surface area contributed by atoms with Crippen molar-refractivity contribution >= 4 is 29.7 Å². The van der Waals surface area contributed by atoms with Crippen LogP contribution in [0.4, 0.5) is 0 Å². The lowest BCUT2D eigenvalue weighted by atomic mass is 9.95. The first-order valence-corrected chi connectivity index (χ1v) is 8.32. The molecule has 2 aliphatic rings. The second-order valence-electron chi connectivity index (χ2n) is 6.10. The number of hydrogen-bond donors (Lipinski definition) is 1. The van der Waals surface area contributed by atoms with E-state index in [-0.39, 0.29) is 18.3 Å². The fourth-order valence-corrected chi connectivity index (χ4v) is 4.04. The third kappa shape index (κ3) is 3.77. The molecule has 0 aliphatic carbocycles. The number of nitrogens with zero attached hydrogens (tertiary/aromatic N) is 2. The van der Waals surface area contributed by atoms with E-state index in [1.165, 1.54) is 10.4 Å². The van der Waals surface area contributed by atoms with E-state index < -0.39 is 0 Å². The highest BCUT2D eigenvalue weighted by atomic mass is 35.5. The fourth-order valence-electron chi connectivity index (χ4n) is 3.15. The molecule has 2 N–H and O–H groups in total. The molecule has 3 rings (SSSR count). The molecule has 4 nitrogen and oxygen atoms in total. The number of carbonyl (C=O) groups excluding carboxylic acids is 1. The zero-order valence-corrected chi connectivity index (χ0v) is 14.1. The molecule has 2 atom stereocenters. The van der Waals surface area contributed by atoms with Gasteiger partial charge in [-0.3, -0.25) is 9.69 Å². The van der Waals surface area contributed by atoms with Crippen LogP contribution in [0, 0.1) is 5.92 Å². The van der Waals surface area contributed by atoms with Crippen molar-refractivity contribution in [2.75, 3.05) is 26.2 Å². The number of rotatable bonds is 2. The molecule has 1 aromatic rings. The molecule has 118 valence electrons. The van der Waals surface area contributed by atoms with Gasteiger partial charge in [-0.1, -0.05) is 6.92 Å². The van der Waals surface area contributed by atoms with Crippen LogP contribution < -0.4 is 5.73 Å². The third-order valence-electron chi connectivity index (χ3n) is 4.57. The average Bonchev–Trinajstić information content (AvgIpc) is 2.90. The molecule has 0 saturated carbocycles. The lowest BCUT2D eigenvalue weighted by molar-refractivity contribution is -0.133. The Morgan fingerprint density at radius 3 is 3.05 bits per heavy atom. The van der Waals surface area contributed by atoms with E-state index in [0.29, 0.717) is 18.5 Å². The monoisotopic (exact) mass is 329 g/mol. The first-order valence-electron chi connectivity index (χ1n) is 7.44. The van der Waals surface area contributed by atoms with Gasteiger partial charge in [0.25, 0.3) is 0 Å². The van der Waals surface area contributed by atoms with Crippen LogP contribution in [0.3, 0.4) is 0 Å². The van der Waals surface area contributed by atoms with E-state index >= 15 is 0 Å². The van der Waals surface area contributed by atoms with Gasteiger partial charge in [-0.25, -0.2) is 0 Å². The standard InChI is InChI=1S/C15H23N3OS.ClH/c1-11-8-17(5-2-13(11)16)10-15(19)18-6-3-14-12(9-18)4-7-20-14;/h4,7,11,13H,2-3,5-6,8-10,16H2,1H3;1H. The molecule has 1 amide bonds. The van der Waals surface area contributed by atoms with Gasteiger partial charge >= 0.3 is 0 Å². The number of thiophene rings is 1. The van der Waals surface area contributed by atoms with E-state index in [0.717, 1.165) is 39.0 Å². The molecule has 0 aromatic carbocycles. The normalized spacial score (nSPS) is 26.1. The maximum atomic E-state index is 12.4. The van der Waals surface area contributed by atoms with Gasteiger partial charge in [-0.15, -0.1) is 23.7 Å². The molecular formula is C15H24ClN3OS. The van der Waals surface area contributed by atoms with Gasteiger partial charge in [0, 0.05) is 37.1 Å². The van der Waals surface area contributed by atoms with Crippen LogP contribution in [-0.4, -0.2) is 47.9 Å². The van der Waals surface area contributed by atoms with Crippen LogP contribution >= 0.6 is 23.7 Å². The van der Waals surface area contributed by atoms with Crippen molar-refractivity contribution in [2.24, 2.45) is 11.7 Å². The average molecular weight is 330 g/mol. The van der Waals surface area contributed by atoms with Crippen LogP contribution in [0.15, 0.2) is 11.4 Å².